The highest BCUT2D eigenvalue weighted by Crippen LogP contribution is 2.41. The standard InChI is InChI=1S/C19H18ClFN4OS/c20-14-5-10-8-25-4-3-23-7-11(25)9-26-16(10)6-13(14)12-1-2-15(21)18-17(12)24-19(22)27-18/h1-2,5-6,11,23H,3-4,7-9H2,(H2,22,24). The lowest BCUT2D eigenvalue weighted by molar-refractivity contribution is 0.120. The van der Waals surface area contributed by atoms with Gasteiger partial charge in [0.05, 0.1) is 16.3 Å². The van der Waals surface area contributed by atoms with E-state index in [1.165, 1.54) is 6.07 Å². The minimum atomic E-state index is -0.325. The van der Waals surface area contributed by atoms with Crippen molar-refractivity contribution >= 4 is 38.3 Å². The summed E-state index contributed by atoms with van der Waals surface area (Å²) in [7, 11) is 0. The first-order valence-corrected chi connectivity index (χ1v) is 10.0. The molecule has 0 spiro atoms. The van der Waals surface area contributed by atoms with Crippen LogP contribution in [0, 0.1) is 5.82 Å². The van der Waals surface area contributed by atoms with Crippen LogP contribution in [0.25, 0.3) is 21.3 Å². The van der Waals surface area contributed by atoms with E-state index >= 15 is 0 Å². The second-order valence-electron chi connectivity index (χ2n) is 6.90. The predicted octanol–water partition coefficient (Wildman–Crippen LogP) is 3.50. The summed E-state index contributed by atoms with van der Waals surface area (Å²) in [4.78, 5) is 6.75. The van der Waals surface area contributed by atoms with Crippen LogP contribution in [0.5, 0.6) is 5.75 Å². The molecule has 2 aliphatic rings. The molecule has 1 atom stereocenters. The Morgan fingerprint density at radius 2 is 2.22 bits per heavy atom. The highest BCUT2D eigenvalue weighted by atomic mass is 35.5. The van der Waals surface area contributed by atoms with Crippen LogP contribution in [0.4, 0.5) is 9.52 Å². The zero-order valence-corrected chi connectivity index (χ0v) is 16.0. The van der Waals surface area contributed by atoms with Crippen molar-refractivity contribution in [1.29, 1.82) is 0 Å². The Morgan fingerprint density at radius 1 is 1.33 bits per heavy atom. The van der Waals surface area contributed by atoms with Crippen molar-refractivity contribution in [3.05, 3.63) is 40.7 Å². The topological polar surface area (TPSA) is 63.4 Å². The van der Waals surface area contributed by atoms with Crippen molar-refractivity contribution < 1.29 is 9.13 Å². The summed E-state index contributed by atoms with van der Waals surface area (Å²) >= 11 is 7.78. The van der Waals surface area contributed by atoms with Crippen LogP contribution in [-0.4, -0.2) is 42.2 Å². The molecule has 8 heteroatoms. The Bertz CT molecular complexity index is 1040. The molecule has 140 valence electrons. The van der Waals surface area contributed by atoms with Crippen LogP contribution in [0.2, 0.25) is 5.02 Å². The Morgan fingerprint density at radius 3 is 3.11 bits per heavy atom. The number of nitrogen functional groups attached to an aromatic ring is 1. The quantitative estimate of drug-likeness (QED) is 0.650. The number of nitrogens with two attached hydrogens (primary N) is 1. The number of ether oxygens (including phenoxy) is 1. The van der Waals surface area contributed by atoms with E-state index in [1.807, 2.05) is 12.1 Å². The molecule has 3 N–H and O–H groups in total. The highest BCUT2D eigenvalue weighted by molar-refractivity contribution is 7.22. The number of hydrogen-bond acceptors (Lipinski definition) is 6. The van der Waals surface area contributed by atoms with Gasteiger partial charge in [0.1, 0.15) is 18.2 Å². The number of benzene rings is 2. The molecular formula is C19H18ClFN4OS. The van der Waals surface area contributed by atoms with Gasteiger partial charge in [0, 0.05) is 47.9 Å². The number of anilines is 1. The van der Waals surface area contributed by atoms with Crippen LogP contribution >= 0.6 is 22.9 Å². The van der Waals surface area contributed by atoms with Crippen molar-refractivity contribution in [2.24, 2.45) is 0 Å². The van der Waals surface area contributed by atoms with Crippen molar-refractivity contribution in [1.82, 2.24) is 15.2 Å². The summed E-state index contributed by atoms with van der Waals surface area (Å²) < 4.78 is 20.7. The van der Waals surface area contributed by atoms with Crippen molar-refractivity contribution in [3.8, 4) is 16.9 Å². The fourth-order valence-electron chi connectivity index (χ4n) is 3.85. The average Bonchev–Trinajstić information content (AvgIpc) is 2.96. The number of piperazine rings is 1. The van der Waals surface area contributed by atoms with Gasteiger partial charge in [-0.1, -0.05) is 22.9 Å². The third-order valence-corrected chi connectivity index (χ3v) is 6.43. The van der Waals surface area contributed by atoms with Gasteiger partial charge in [0.25, 0.3) is 0 Å². The highest BCUT2D eigenvalue weighted by Gasteiger charge is 2.28. The first-order chi connectivity index (χ1) is 13.1. The maximum atomic E-state index is 14.1. The average molecular weight is 405 g/mol. The molecule has 1 saturated heterocycles. The molecule has 0 amide bonds. The van der Waals surface area contributed by atoms with Gasteiger partial charge < -0.3 is 15.8 Å². The smallest absolute Gasteiger partial charge is 0.181 e. The summed E-state index contributed by atoms with van der Waals surface area (Å²) in [5, 5.41) is 4.35. The summed E-state index contributed by atoms with van der Waals surface area (Å²) in [6.07, 6.45) is 0. The molecule has 0 aliphatic carbocycles. The minimum absolute atomic E-state index is 0.325. The lowest BCUT2D eigenvalue weighted by Gasteiger charge is -2.33. The van der Waals surface area contributed by atoms with Gasteiger partial charge in [0.15, 0.2) is 5.13 Å². The Hall–Kier alpha value is -1.93. The van der Waals surface area contributed by atoms with Gasteiger partial charge in [-0.05, 0) is 24.3 Å². The number of aromatic nitrogens is 1. The van der Waals surface area contributed by atoms with Crippen LogP contribution in [0.15, 0.2) is 24.3 Å². The molecule has 1 fully saturated rings. The summed E-state index contributed by atoms with van der Waals surface area (Å²) in [5.74, 6) is 0.499. The minimum Gasteiger partial charge on any atom is -0.492 e. The third kappa shape index (κ3) is 2.95. The normalized spacial score (nSPS) is 20.0. The molecule has 0 saturated carbocycles. The Kier molecular flexibility index (Phi) is 4.20. The predicted molar refractivity (Wildman–Crippen MR) is 107 cm³/mol. The number of thiazole rings is 1. The second-order valence-corrected chi connectivity index (χ2v) is 8.34. The number of nitrogens with one attached hydrogen (secondary N) is 1. The number of fused-ring (bicyclic) bond motifs is 3. The van der Waals surface area contributed by atoms with Crippen LogP contribution in [0.1, 0.15) is 5.56 Å². The van der Waals surface area contributed by atoms with Crippen molar-refractivity contribution in [2.75, 3.05) is 32.0 Å². The summed E-state index contributed by atoms with van der Waals surface area (Å²) in [5.41, 5.74) is 8.97. The van der Waals surface area contributed by atoms with Gasteiger partial charge in [-0.3, -0.25) is 4.90 Å². The van der Waals surface area contributed by atoms with Gasteiger partial charge >= 0.3 is 0 Å². The molecule has 3 aromatic rings. The van der Waals surface area contributed by atoms with Gasteiger partial charge in [0.2, 0.25) is 0 Å². The maximum absolute atomic E-state index is 14.1. The summed E-state index contributed by atoms with van der Waals surface area (Å²) in [6.45, 7) is 4.33. The SMILES string of the molecule is Nc1nc2c(-c3cc4c(cc3Cl)CN3CCNCC3CO4)ccc(F)c2s1. The van der Waals surface area contributed by atoms with E-state index in [9.17, 15) is 4.39 Å². The number of halogens is 2. The van der Waals surface area contributed by atoms with Crippen molar-refractivity contribution in [2.45, 2.75) is 12.6 Å². The third-order valence-electron chi connectivity index (χ3n) is 5.23. The molecule has 2 aromatic carbocycles. The van der Waals surface area contributed by atoms with Gasteiger partial charge in [-0.25, -0.2) is 9.37 Å². The molecule has 3 heterocycles. The van der Waals surface area contributed by atoms with Crippen LogP contribution in [0.3, 0.4) is 0 Å². The second kappa shape index (κ2) is 6.60. The van der Waals surface area contributed by atoms with E-state index in [-0.39, 0.29) is 5.82 Å². The molecule has 5 rings (SSSR count). The van der Waals surface area contributed by atoms with Gasteiger partial charge in [-0.15, -0.1) is 0 Å². The lowest BCUT2D eigenvalue weighted by atomic mass is 10.0. The number of nitrogens with zero attached hydrogens (tertiary/aromatic N) is 2. The van der Waals surface area contributed by atoms with Crippen LogP contribution < -0.4 is 15.8 Å². The zero-order chi connectivity index (χ0) is 18.5. The van der Waals surface area contributed by atoms with Crippen molar-refractivity contribution in [3.63, 3.8) is 0 Å². The molecule has 2 aliphatic heterocycles. The summed E-state index contributed by atoms with van der Waals surface area (Å²) in [6, 6.07) is 7.40. The zero-order valence-electron chi connectivity index (χ0n) is 14.5. The lowest BCUT2D eigenvalue weighted by Crippen LogP contribution is -2.52. The molecule has 5 nitrogen and oxygen atoms in total. The molecule has 1 aromatic heterocycles. The molecule has 0 bridgehead atoms. The Labute approximate surface area is 164 Å². The molecule has 27 heavy (non-hydrogen) atoms. The van der Waals surface area contributed by atoms with E-state index in [4.69, 9.17) is 22.1 Å². The first-order valence-electron chi connectivity index (χ1n) is 8.85. The Balaban J connectivity index is 1.62. The fraction of sp³-hybridized carbons (Fsp3) is 0.316. The fourth-order valence-corrected chi connectivity index (χ4v) is 4.90. The van der Waals surface area contributed by atoms with Crippen LogP contribution in [-0.2, 0) is 6.54 Å². The van der Waals surface area contributed by atoms with Gasteiger partial charge in [-0.2, -0.15) is 0 Å². The number of rotatable bonds is 1. The maximum Gasteiger partial charge on any atom is 0.181 e. The van der Waals surface area contributed by atoms with E-state index in [0.717, 1.165) is 60.0 Å². The van der Waals surface area contributed by atoms with E-state index in [2.05, 4.69) is 15.2 Å². The van der Waals surface area contributed by atoms with E-state index < -0.39 is 0 Å². The molecule has 1 unspecified atom stereocenters. The number of hydrogen-bond donors (Lipinski definition) is 2. The largest absolute Gasteiger partial charge is 0.492 e. The van der Waals surface area contributed by atoms with E-state index in [0.29, 0.717) is 33.0 Å². The van der Waals surface area contributed by atoms with E-state index in [1.54, 1.807) is 6.07 Å². The first kappa shape index (κ1) is 17.2. The molecular weight excluding hydrogens is 387 g/mol. The monoisotopic (exact) mass is 404 g/mol. The molecule has 0 radical (unpaired) electrons.